The highest BCUT2D eigenvalue weighted by Crippen LogP contribution is 2.13. The zero-order valence-electron chi connectivity index (χ0n) is 7.17. The fraction of sp³-hybridized carbons (Fsp3) is 0.286. The molecular weight excluding hydrogens is 238 g/mol. The predicted octanol–water partition coefficient (Wildman–Crippen LogP) is 1.07. The molecule has 0 fully saturated rings. The zero-order chi connectivity index (χ0) is 9.84. The van der Waals surface area contributed by atoms with E-state index < -0.39 is 5.97 Å². The summed E-state index contributed by atoms with van der Waals surface area (Å²) < 4.78 is 5.02. The highest BCUT2D eigenvalue weighted by molar-refractivity contribution is 9.10. The average Bonchev–Trinajstić information content (AvgIpc) is 2.16. The van der Waals surface area contributed by atoms with E-state index >= 15 is 0 Å². The van der Waals surface area contributed by atoms with Gasteiger partial charge in [0.2, 0.25) is 0 Å². The third-order valence-electron chi connectivity index (χ3n) is 1.36. The molecule has 0 saturated carbocycles. The molecule has 1 aromatic rings. The second-order valence-corrected chi connectivity index (χ2v) is 2.94. The lowest BCUT2D eigenvalue weighted by Gasteiger charge is -2.04. The SMILES string of the molecule is CNc1ncc(Br)nc1C(=O)OC. The van der Waals surface area contributed by atoms with Gasteiger partial charge in [-0.05, 0) is 15.9 Å². The van der Waals surface area contributed by atoms with E-state index in [0.717, 1.165) is 0 Å². The molecule has 0 amide bonds. The number of aromatic nitrogens is 2. The van der Waals surface area contributed by atoms with Crippen LogP contribution in [0.1, 0.15) is 10.5 Å². The number of nitrogens with one attached hydrogen (secondary N) is 1. The van der Waals surface area contributed by atoms with E-state index in [4.69, 9.17) is 0 Å². The topological polar surface area (TPSA) is 64.1 Å². The van der Waals surface area contributed by atoms with Crippen LogP contribution in [0.2, 0.25) is 0 Å². The maximum absolute atomic E-state index is 11.2. The van der Waals surface area contributed by atoms with E-state index in [0.29, 0.717) is 10.4 Å². The number of ether oxygens (including phenoxy) is 1. The van der Waals surface area contributed by atoms with Crippen LogP contribution in [-0.4, -0.2) is 30.1 Å². The third kappa shape index (κ3) is 2.15. The first kappa shape index (κ1) is 9.91. The van der Waals surface area contributed by atoms with E-state index in [-0.39, 0.29) is 5.69 Å². The molecule has 13 heavy (non-hydrogen) atoms. The molecule has 70 valence electrons. The van der Waals surface area contributed by atoms with Crippen molar-refractivity contribution < 1.29 is 9.53 Å². The van der Waals surface area contributed by atoms with Gasteiger partial charge in [0, 0.05) is 7.05 Å². The maximum atomic E-state index is 11.2. The van der Waals surface area contributed by atoms with Crippen LogP contribution in [0.15, 0.2) is 10.8 Å². The Labute approximate surface area is 83.7 Å². The highest BCUT2D eigenvalue weighted by atomic mass is 79.9. The van der Waals surface area contributed by atoms with E-state index in [2.05, 4.69) is 36.0 Å². The van der Waals surface area contributed by atoms with Crippen LogP contribution in [0.5, 0.6) is 0 Å². The fourth-order valence-corrected chi connectivity index (χ4v) is 1.07. The number of anilines is 1. The van der Waals surface area contributed by atoms with Gasteiger partial charge in [-0.25, -0.2) is 14.8 Å². The minimum absolute atomic E-state index is 0.166. The molecule has 1 rings (SSSR count). The van der Waals surface area contributed by atoms with Crippen molar-refractivity contribution in [3.63, 3.8) is 0 Å². The van der Waals surface area contributed by atoms with Crippen LogP contribution in [0.4, 0.5) is 5.82 Å². The monoisotopic (exact) mass is 245 g/mol. The quantitative estimate of drug-likeness (QED) is 0.790. The molecule has 0 aliphatic heterocycles. The molecule has 0 aliphatic rings. The number of hydrogen-bond acceptors (Lipinski definition) is 5. The Balaban J connectivity index is 3.15. The third-order valence-corrected chi connectivity index (χ3v) is 1.74. The number of halogens is 1. The van der Waals surface area contributed by atoms with Gasteiger partial charge in [-0.1, -0.05) is 0 Å². The van der Waals surface area contributed by atoms with Crippen molar-refractivity contribution in [3.05, 3.63) is 16.5 Å². The summed E-state index contributed by atoms with van der Waals surface area (Å²) >= 11 is 3.11. The van der Waals surface area contributed by atoms with E-state index in [9.17, 15) is 4.79 Å². The molecule has 0 saturated heterocycles. The molecule has 0 aromatic carbocycles. The summed E-state index contributed by atoms with van der Waals surface area (Å²) in [6.45, 7) is 0. The summed E-state index contributed by atoms with van der Waals surface area (Å²) in [7, 11) is 2.95. The smallest absolute Gasteiger partial charge is 0.360 e. The van der Waals surface area contributed by atoms with E-state index in [1.54, 1.807) is 7.05 Å². The van der Waals surface area contributed by atoms with Crippen molar-refractivity contribution in [1.82, 2.24) is 9.97 Å². The average molecular weight is 246 g/mol. The van der Waals surface area contributed by atoms with Crippen molar-refractivity contribution >= 4 is 27.7 Å². The van der Waals surface area contributed by atoms with Crippen molar-refractivity contribution in [2.75, 3.05) is 19.5 Å². The Morgan fingerprint density at radius 2 is 2.38 bits per heavy atom. The Morgan fingerprint density at radius 3 is 2.92 bits per heavy atom. The van der Waals surface area contributed by atoms with Crippen molar-refractivity contribution in [2.24, 2.45) is 0 Å². The highest BCUT2D eigenvalue weighted by Gasteiger charge is 2.14. The lowest BCUT2D eigenvalue weighted by molar-refractivity contribution is 0.0594. The van der Waals surface area contributed by atoms with Gasteiger partial charge < -0.3 is 10.1 Å². The van der Waals surface area contributed by atoms with E-state index in [1.165, 1.54) is 13.3 Å². The number of nitrogens with zero attached hydrogens (tertiary/aromatic N) is 2. The van der Waals surface area contributed by atoms with Crippen LogP contribution in [0.3, 0.4) is 0 Å². The Morgan fingerprint density at radius 1 is 1.69 bits per heavy atom. The molecular formula is C7H8BrN3O2. The van der Waals surface area contributed by atoms with Crippen LogP contribution in [-0.2, 0) is 4.74 Å². The molecule has 1 aromatic heterocycles. The van der Waals surface area contributed by atoms with Gasteiger partial charge in [0.25, 0.3) is 0 Å². The van der Waals surface area contributed by atoms with Crippen LogP contribution < -0.4 is 5.32 Å². The van der Waals surface area contributed by atoms with Crippen LogP contribution >= 0.6 is 15.9 Å². The fourth-order valence-electron chi connectivity index (χ4n) is 0.790. The first-order valence-electron chi connectivity index (χ1n) is 3.47. The Bertz CT molecular complexity index is 330. The predicted molar refractivity (Wildman–Crippen MR) is 50.6 cm³/mol. The number of esters is 1. The van der Waals surface area contributed by atoms with E-state index in [1.807, 2.05) is 0 Å². The molecule has 1 N–H and O–H groups in total. The molecule has 0 radical (unpaired) electrons. The minimum atomic E-state index is -0.516. The summed E-state index contributed by atoms with van der Waals surface area (Å²) in [5.74, 6) is -0.117. The summed E-state index contributed by atoms with van der Waals surface area (Å²) in [4.78, 5) is 19.0. The van der Waals surface area contributed by atoms with Gasteiger partial charge in [-0.15, -0.1) is 0 Å². The first-order valence-corrected chi connectivity index (χ1v) is 4.27. The minimum Gasteiger partial charge on any atom is -0.464 e. The van der Waals surface area contributed by atoms with Gasteiger partial charge in [0.15, 0.2) is 11.5 Å². The molecule has 1 heterocycles. The van der Waals surface area contributed by atoms with Crippen LogP contribution in [0.25, 0.3) is 0 Å². The lowest BCUT2D eigenvalue weighted by Crippen LogP contribution is -2.10. The summed E-state index contributed by atoms with van der Waals surface area (Å²) in [5.41, 5.74) is 0.166. The van der Waals surface area contributed by atoms with Gasteiger partial charge in [0.1, 0.15) is 4.60 Å². The second kappa shape index (κ2) is 4.18. The summed E-state index contributed by atoms with van der Waals surface area (Å²) in [6.07, 6.45) is 1.50. The van der Waals surface area contributed by atoms with Crippen molar-refractivity contribution in [2.45, 2.75) is 0 Å². The zero-order valence-corrected chi connectivity index (χ0v) is 8.75. The van der Waals surface area contributed by atoms with Gasteiger partial charge in [0.05, 0.1) is 13.3 Å². The van der Waals surface area contributed by atoms with Gasteiger partial charge in [-0.2, -0.15) is 0 Å². The Kier molecular flexibility index (Phi) is 3.18. The summed E-state index contributed by atoms with van der Waals surface area (Å²) in [6, 6.07) is 0. The molecule has 0 aliphatic carbocycles. The number of carbonyl (C=O) groups is 1. The standard InChI is InChI=1S/C7H8BrN3O2/c1-9-6-5(7(12)13-2)11-4(8)3-10-6/h3H,1-2H3,(H,9,10). The molecule has 0 bridgehead atoms. The largest absolute Gasteiger partial charge is 0.464 e. The lowest BCUT2D eigenvalue weighted by atomic mass is 10.4. The van der Waals surface area contributed by atoms with Gasteiger partial charge in [-0.3, -0.25) is 0 Å². The molecule has 6 heteroatoms. The van der Waals surface area contributed by atoms with Crippen molar-refractivity contribution in [3.8, 4) is 0 Å². The Hall–Kier alpha value is -1.17. The number of rotatable bonds is 2. The number of carbonyl (C=O) groups excluding carboxylic acids is 1. The first-order chi connectivity index (χ1) is 6.19. The number of methoxy groups -OCH3 is 1. The second-order valence-electron chi connectivity index (χ2n) is 2.13. The normalized spacial score (nSPS) is 9.46. The maximum Gasteiger partial charge on any atom is 0.360 e. The van der Waals surface area contributed by atoms with Crippen molar-refractivity contribution in [1.29, 1.82) is 0 Å². The van der Waals surface area contributed by atoms with Gasteiger partial charge >= 0.3 is 5.97 Å². The van der Waals surface area contributed by atoms with Crippen LogP contribution in [0, 0.1) is 0 Å². The number of hydrogen-bond donors (Lipinski definition) is 1. The molecule has 0 unspecified atom stereocenters. The molecule has 0 atom stereocenters. The summed E-state index contributed by atoms with van der Waals surface area (Å²) in [5, 5.41) is 2.74. The molecule has 5 nitrogen and oxygen atoms in total. The molecule has 0 spiro atoms.